The molecule has 348 valence electrons. The molecule has 0 aromatic heterocycles. The molecule has 6 aromatic rings. The van der Waals surface area contributed by atoms with Gasteiger partial charge in [-0.15, -0.1) is 0 Å². The van der Waals surface area contributed by atoms with Crippen LogP contribution in [0.3, 0.4) is 0 Å². The monoisotopic (exact) mass is 908 g/mol. The van der Waals surface area contributed by atoms with Gasteiger partial charge in [-0.2, -0.15) is 0 Å². The van der Waals surface area contributed by atoms with Crippen molar-refractivity contribution in [2.75, 3.05) is 20.3 Å². The Morgan fingerprint density at radius 1 is 0.507 bits per heavy atom. The normalized spacial score (nSPS) is 27.1. The Kier molecular flexibility index (Phi) is 16.2. The fourth-order valence-corrected chi connectivity index (χ4v) is 8.57. The zero-order valence-electron chi connectivity index (χ0n) is 37.3. The fourth-order valence-electron chi connectivity index (χ4n) is 8.57. The maximum Gasteiger partial charge on any atom is 0.338 e. The Bertz CT molecular complexity index is 2360. The fraction of sp³-hybridized carbons (Fsp3) is 0.327. The number of hydrogen-bond donors (Lipinski definition) is 0. The minimum Gasteiger partial charge on any atom is -0.453 e. The van der Waals surface area contributed by atoms with Crippen molar-refractivity contribution in [1.82, 2.24) is 0 Å². The van der Waals surface area contributed by atoms with E-state index in [-0.39, 0.29) is 33.0 Å². The van der Waals surface area contributed by atoms with Crippen molar-refractivity contribution in [2.24, 2.45) is 0 Å². The number of methoxy groups -OCH3 is 1. The molecule has 3 heterocycles. The van der Waals surface area contributed by atoms with Crippen LogP contribution in [-0.2, 0) is 78.5 Å². The summed E-state index contributed by atoms with van der Waals surface area (Å²) in [4.78, 5) is 14.1. The van der Waals surface area contributed by atoms with E-state index in [4.69, 9.17) is 52.1 Å². The van der Waals surface area contributed by atoms with Gasteiger partial charge in [-0.25, -0.2) is 4.79 Å². The molecular weight excluding hydrogens is 853 g/mol. The predicted octanol–water partition coefficient (Wildman–Crippen LogP) is 8.78. The van der Waals surface area contributed by atoms with Crippen molar-refractivity contribution in [3.63, 3.8) is 0 Å². The molecule has 0 amide bonds. The lowest BCUT2D eigenvalue weighted by Crippen LogP contribution is -2.67. The summed E-state index contributed by atoms with van der Waals surface area (Å²) >= 11 is 0. The number of fused-ring (bicyclic) bond motifs is 1. The van der Waals surface area contributed by atoms with Crippen LogP contribution in [-0.4, -0.2) is 87.7 Å². The first-order chi connectivity index (χ1) is 33.1. The van der Waals surface area contributed by atoms with Crippen LogP contribution in [0.2, 0.25) is 0 Å². The minimum atomic E-state index is -1.18. The average Bonchev–Trinajstić information content (AvgIpc) is 3.39. The zero-order chi connectivity index (χ0) is 45.6. The van der Waals surface area contributed by atoms with E-state index >= 15 is 0 Å². The van der Waals surface area contributed by atoms with Crippen LogP contribution in [0.4, 0.5) is 0 Å². The summed E-state index contributed by atoms with van der Waals surface area (Å²) in [5.41, 5.74) is 5.00. The maximum absolute atomic E-state index is 14.1. The molecule has 0 aliphatic carbocycles. The van der Waals surface area contributed by atoms with Gasteiger partial charge in [0.05, 0.1) is 45.2 Å². The number of esters is 1. The predicted molar refractivity (Wildman–Crippen MR) is 246 cm³/mol. The highest BCUT2D eigenvalue weighted by Crippen LogP contribution is 2.40. The van der Waals surface area contributed by atoms with Crippen LogP contribution in [0, 0.1) is 0 Å². The highest BCUT2D eigenvalue weighted by molar-refractivity contribution is 5.89. The third kappa shape index (κ3) is 12.1. The second kappa shape index (κ2) is 23.4. The molecule has 11 atom stereocenters. The van der Waals surface area contributed by atoms with Gasteiger partial charge in [0.1, 0.15) is 36.6 Å². The molecule has 67 heavy (non-hydrogen) atoms. The number of rotatable bonds is 19. The number of hydrogen-bond acceptors (Lipinski definition) is 12. The van der Waals surface area contributed by atoms with Crippen LogP contribution < -0.4 is 0 Å². The standard InChI is InChI=1S/C55H56O12/c1-57-54-51(49(65-52(56)42-28-16-6-17-29-42)47-45(63-54)37-62-53(66-47)43-30-18-7-19-31-43)67-55-50(61-35-41-26-14-5-15-27-41)48(60-34-40-24-12-4-13-25-40)46(59-33-39-22-10-3-11-23-39)44(64-55)36-58-32-38-20-8-2-9-21-38/h2-31,44-51,53-55H,32-37H2,1H3/t44?,45?,46-,47+,48?,49?,50?,51?,53?,54-,55+/m0/s1. The molecule has 3 aliphatic heterocycles. The third-order valence-corrected chi connectivity index (χ3v) is 12.0. The minimum absolute atomic E-state index is 0.107. The van der Waals surface area contributed by atoms with E-state index in [9.17, 15) is 4.79 Å². The summed E-state index contributed by atoms with van der Waals surface area (Å²) in [6.07, 6.45) is -9.97. The maximum atomic E-state index is 14.1. The summed E-state index contributed by atoms with van der Waals surface area (Å²) < 4.78 is 73.5. The molecule has 6 aromatic carbocycles. The smallest absolute Gasteiger partial charge is 0.338 e. The first-order valence-corrected chi connectivity index (χ1v) is 22.7. The zero-order valence-corrected chi connectivity index (χ0v) is 37.3. The Morgan fingerprint density at radius 3 is 1.55 bits per heavy atom. The van der Waals surface area contributed by atoms with Crippen LogP contribution in [0.1, 0.15) is 44.5 Å². The number of carbonyl (C=O) groups is 1. The summed E-state index contributed by atoms with van der Waals surface area (Å²) in [5.74, 6) is -0.576. The lowest BCUT2D eigenvalue weighted by atomic mass is 9.95. The quantitative estimate of drug-likeness (QED) is 0.0724. The molecule has 3 aliphatic rings. The molecule has 3 saturated heterocycles. The molecule has 0 bridgehead atoms. The van der Waals surface area contributed by atoms with E-state index in [0.29, 0.717) is 12.2 Å². The van der Waals surface area contributed by atoms with Crippen molar-refractivity contribution in [3.8, 4) is 0 Å². The second-order valence-electron chi connectivity index (χ2n) is 16.6. The SMILES string of the molecule is CO[C@H]1OC2COC(c3ccccc3)O[C@H]2C(OC(=O)c2ccccc2)C1O[C@H]1OC(COCc2ccccc2)[C@H](OCc2ccccc2)C(OCc2ccccc2)C1OCc1ccccc1. The van der Waals surface area contributed by atoms with Gasteiger partial charge in [-0.05, 0) is 34.4 Å². The van der Waals surface area contributed by atoms with Gasteiger partial charge in [-0.1, -0.05) is 170 Å². The number of benzene rings is 6. The van der Waals surface area contributed by atoms with Gasteiger partial charge in [0.15, 0.2) is 31.1 Å². The molecule has 7 unspecified atom stereocenters. The van der Waals surface area contributed by atoms with Crippen molar-refractivity contribution < 1.29 is 56.9 Å². The van der Waals surface area contributed by atoms with Crippen molar-refractivity contribution in [2.45, 2.75) is 94.1 Å². The van der Waals surface area contributed by atoms with E-state index < -0.39 is 73.7 Å². The highest BCUT2D eigenvalue weighted by Gasteiger charge is 2.56. The Hall–Kier alpha value is -5.61. The topological polar surface area (TPSA) is 119 Å². The molecule has 12 nitrogen and oxygen atoms in total. The van der Waals surface area contributed by atoms with E-state index in [2.05, 4.69) is 0 Å². The Balaban J connectivity index is 1.09. The lowest BCUT2D eigenvalue weighted by Gasteiger charge is -2.51. The summed E-state index contributed by atoms with van der Waals surface area (Å²) in [6.45, 7) is 1.25. The van der Waals surface area contributed by atoms with Gasteiger partial charge in [-0.3, -0.25) is 0 Å². The van der Waals surface area contributed by atoms with Crippen molar-refractivity contribution >= 4 is 5.97 Å². The molecule has 9 rings (SSSR count). The number of carbonyl (C=O) groups excluding carboxylic acids is 1. The Labute approximate surface area is 391 Å². The van der Waals surface area contributed by atoms with Gasteiger partial charge in [0.25, 0.3) is 0 Å². The summed E-state index contributed by atoms with van der Waals surface area (Å²) in [7, 11) is 1.51. The van der Waals surface area contributed by atoms with Crippen LogP contribution in [0.25, 0.3) is 0 Å². The van der Waals surface area contributed by atoms with Gasteiger partial charge in [0, 0.05) is 12.7 Å². The van der Waals surface area contributed by atoms with Crippen LogP contribution >= 0.6 is 0 Å². The molecule has 0 radical (unpaired) electrons. The van der Waals surface area contributed by atoms with Crippen molar-refractivity contribution in [3.05, 3.63) is 215 Å². The Morgan fingerprint density at radius 2 is 1.00 bits per heavy atom. The molecular formula is C55H56O12. The largest absolute Gasteiger partial charge is 0.453 e. The lowest BCUT2D eigenvalue weighted by molar-refractivity contribution is -0.395. The number of ether oxygens (including phenoxy) is 11. The van der Waals surface area contributed by atoms with E-state index in [0.717, 1.165) is 27.8 Å². The first-order valence-electron chi connectivity index (χ1n) is 22.7. The van der Waals surface area contributed by atoms with E-state index in [1.54, 1.807) is 24.3 Å². The second-order valence-corrected chi connectivity index (χ2v) is 16.6. The molecule has 12 heteroatoms. The molecule has 3 fully saturated rings. The van der Waals surface area contributed by atoms with Gasteiger partial charge in [0.2, 0.25) is 0 Å². The third-order valence-electron chi connectivity index (χ3n) is 12.0. The van der Waals surface area contributed by atoms with E-state index in [1.807, 2.05) is 158 Å². The van der Waals surface area contributed by atoms with Gasteiger partial charge >= 0.3 is 5.97 Å². The van der Waals surface area contributed by atoms with Crippen molar-refractivity contribution in [1.29, 1.82) is 0 Å². The van der Waals surface area contributed by atoms with Crippen LogP contribution in [0.5, 0.6) is 0 Å². The highest BCUT2D eigenvalue weighted by atomic mass is 16.8. The van der Waals surface area contributed by atoms with Crippen LogP contribution in [0.15, 0.2) is 182 Å². The molecule has 0 N–H and O–H groups in total. The molecule has 0 saturated carbocycles. The summed E-state index contributed by atoms with van der Waals surface area (Å²) in [5, 5.41) is 0. The summed E-state index contributed by atoms with van der Waals surface area (Å²) in [6, 6.07) is 58.0. The molecule has 0 spiro atoms. The van der Waals surface area contributed by atoms with Gasteiger partial charge < -0.3 is 52.1 Å². The average molecular weight is 909 g/mol. The van der Waals surface area contributed by atoms with E-state index in [1.165, 1.54) is 7.11 Å². The first kappa shape index (κ1) is 46.5.